The van der Waals surface area contributed by atoms with Crippen LogP contribution in [0.15, 0.2) is 30.5 Å². The number of rotatable bonds is 4. The standard InChI is InChI=1S/C14H17N3O/c15-8-13(10-1-2-10)17-14-12-7-11(18)4-3-9(12)5-6-16-14/h3-7,10,13,18H,1-2,8,15H2,(H,16,17). The van der Waals surface area contributed by atoms with Gasteiger partial charge in [0.15, 0.2) is 0 Å². The lowest BCUT2D eigenvalue weighted by Crippen LogP contribution is -2.31. The molecule has 1 saturated carbocycles. The van der Waals surface area contributed by atoms with E-state index in [0.717, 1.165) is 16.6 Å². The van der Waals surface area contributed by atoms with Crippen molar-refractivity contribution in [2.45, 2.75) is 18.9 Å². The second-order valence-corrected chi connectivity index (χ2v) is 4.89. The molecular formula is C14H17N3O. The summed E-state index contributed by atoms with van der Waals surface area (Å²) in [5.74, 6) is 1.74. The molecule has 4 N–H and O–H groups in total. The summed E-state index contributed by atoms with van der Waals surface area (Å²) >= 11 is 0. The smallest absolute Gasteiger partial charge is 0.134 e. The SMILES string of the molecule is NCC(Nc1nccc2ccc(O)cc12)C1CC1. The van der Waals surface area contributed by atoms with Crippen LogP contribution in [0.25, 0.3) is 10.8 Å². The van der Waals surface area contributed by atoms with Gasteiger partial charge in [0.25, 0.3) is 0 Å². The number of aromatic nitrogens is 1. The van der Waals surface area contributed by atoms with Gasteiger partial charge in [-0.15, -0.1) is 0 Å². The van der Waals surface area contributed by atoms with Crippen molar-refractivity contribution in [1.29, 1.82) is 0 Å². The lowest BCUT2D eigenvalue weighted by molar-refractivity contribution is 0.476. The fourth-order valence-corrected chi connectivity index (χ4v) is 2.31. The van der Waals surface area contributed by atoms with Crippen LogP contribution in [0, 0.1) is 5.92 Å². The van der Waals surface area contributed by atoms with Crippen molar-refractivity contribution >= 4 is 16.6 Å². The Labute approximate surface area is 106 Å². The first-order chi connectivity index (χ1) is 8.78. The highest BCUT2D eigenvalue weighted by Gasteiger charge is 2.30. The number of phenols is 1. The first-order valence-electron chi connectivity index (χ1n) is 6.32. The number of nitrogens with zero attached hydrogens (tertiary/aromatic N) is 1. The van der Waals surface area contributed by atoms with Crippen LogP contribution in [-0.4, -0.2) is 22.7 Å². The molecule has 1 aliphatic rings. The van der Waals surface area contributed by atoms with Crippen molar-refractivity contribution < 1.29 is 5.11 Å². The summed E-state index contributed by atoms with van der Waals surface area (Å²) in [6, 6.07) is 7.55. The number of aromatic hydroxyl groups is 1. The molecule has 1 atom stereocenters. The Morgan fingerprint density at radius 3 is 2.94 bits per heavy atom. The molecule has 1 heterocycles. The minimum atomic E-state index is 0.259. The third kappa shape index (κ3) is 2.11. The zero-order chi connectivity index (χ0) is 12.5. The lowest BCUT2D eigenvalue weighted by Gasteiger charge is -2.18. The zero-order valence-corrected chi connectivity index (χ0v) is 10.1. The van der Waals surface area contributed by atoms with Gasteiger partial charge in [-0.2, -0.15) is 0 Å². The largest absolute Gasteiger partial charge is 0.508 e. The molecular weight excluding hydrogens is 226 g/mol. The van der Waals surface area contributed by atoms with E-state index in [2.05, 4.69) is 10.3 Å². The Balaban J connectivity index is 1.97. The zero-order valence-electron chi connectivity index (χ0n) is 10.1. The predicted molar refractivity (Wildman–Crippen MR) is 72.6 cm³/mol. The number of fused-ring (bicyclic) bond motifs is 1. The predicted octanol–water partition coefficient (Wildman–Crippen LogP) is 2.09. The highest BCUT2D eigenvalue weighted by molar-refractivity contribution is 5.92. The summed E-state index contributed by atoms with van der Waals surface area (Å²) in [5.41, 5.74) is 5.80. The molecule has 94 valence electrons. The number of hydrogen-bond donors (Lipinski definition) is 3. The maximum atomic E-state index is 9.59. The fourth-order valence-electron chi connectivity index (χ4n) is 2.31. The Morgan fingerprint density at radius 2 is 2.22 bits per heavy atom. The maximum absolute atomic E-state index is 9.59. The Kier molecular flexibility index (Phi) is 2.80. The van der Waals surface area contributed by atoms with E-state index in [1.165, 1.54) is 12.8 Å². The summed E-state index contributed by atoms with van der Waals surface area (Å²) in [5, 5.41) is 15.0. The number of nitrogens with two attached hydrogens (primary N) is 1. The molecule has 1 fully saturated rings. The van der Waals surface area contributed by atoms with Crippen LogP contribution in [-0.2, 0) is 0 Å². The third-order valence-corrected chi connectivity index (χ3v) is 3.52. The molecule has 1 aromatic heterocycles. The van der Waals surface area contributed by atoms with Crippen molar-refractivity contribution in [3.05, 3.63) is 30.5 Å². The van der Waals surface area contributed by atoms with E-state index < -0.39 is 0 Å². The van der Waals surface area contributed by atoms with Crippen LogP contribution in [0.1, 0.15) is 12.8 Å². The van der Waals surface area contributed by atoms with Crippen LogP contribution in [0.4, 0.5) is 5.82 Å². The summed E-state index contributed by atoms with van der Waals surface area (Å²) in [6.07, 6.45) is 4.26. The first-order valence-corrected chi connectivity index (χ1v) is 6.32. The summed E-state index contributed by atoms with van der Waals surface area (Å²) in [6.45, 7) is 0.613. The number of phenolic OH excluding ortho intramolecular Hbond substituents is 1. The number of hydrogen-bond acceptors (Lipinski definition) is 4. The average Bonchev–Trinajstić information content (AvgIpc) is 3.20. The van der Waals surface area contributed by atoms with E-state index in [9.17, 15) is 5.11 Å². The lowest BCUT2D eigenvalue weighted by atomic mass is 10.1. The summed E-state index contributed by atoms with van der Waals surface area (Å²) in [4.78, 5) is 4.37. The molecule has 1 aromatic carbocycles. The van der Waals surface area contributed by atoms with Crippen molar-refractivity contribution in [3.8, 4) is 5.75 Å². The van der Waals surface area contributed by atoms with Gasteiger partial charge in [-0.25, -0.2) is 4.98 Å². The van der Waals surface area contributed by atoms with Gasteiger partial charge in [-0.3, -0.25) is 0 Å². The molecule has 3 rings (SSSR count). The first kappa shape index (κ1) is 11.3. The number of benzene rings is 1. The quantitative estimate of drug-likeness (QED) is 0.769. The van der Waals surface area contributed by atoms with E-state index in [0.29, 0.717) is 12.5 Å². The average molecular weight is 243 g/mol. The van der Waals surface area contributed by atoms with Crippen LogP contribution < -0.4 is 11.1 Å². The minimum absolute atomic E-state index is 0.259. The molecule has 0 spiro atoms. The van der Waals surface area contributed by atoms with Crippen LogP contribution in [0.5, 0.6) is 5.75 Å². The highest BCUT2D eigenvalue weighted by Crippen LogP contribution is 2.34. The summed E-state index contributed by atoms with van der Waals surface area (Å²) in [7, 11) is 0. The van der Waals surface area contributed by atoms with Crippen LogP contribution >= 0.6 is 0 Å². The van der Waals surface area contributed by atoms with Gasteiger partial charge in [0.2, 0.25) is 0 Å². The van der Waals surface area contributed by atoms with Crippen molar-refractivity contribution in [1.82, 2.24) is 4.98 Å². The van der Waals surface area contributed by atoms with Crippen LogP contribution in [0.2, 0.25) is 0 Å². The molecule has 2 aromatic rings. The molecule has 0 amide bonds. The van der Waals surface area contributed by atoms with Crippen LogP contribution in [0.3, 0.4) is 0 Å². The van der Waals surface area contributed by atoms with Gasteiger partial charge in [-0.05, 0) is 42.3 Å². The fraction of sp³-hybridized carbons (Fsp3) is 0.357. The third-order valence-electron chi connectivity index (χ3n) is 3.52. The van der Waals surface area contributed by atoms with Crippen molar-refractivity contribution in [2.75, 3.05) is 11.9 Å². The normalized spacial score (nSPS) is 16.7. The molecule has 1 unspecified atom stereocenters. The van der Waals surface area contributed by atoms with E-state index in [1.54, 1.807) is 18.3 Å². The Bertz CT molecular complexity index is 566. The number of anilines is 1. The van der Waals surface area contributed by atoms with E-state index in [1.807, 2.05) is 12.1 Å². The van der Waals surface area contributed by atoms with E-state index >= 15 is 0 Å². The molecule has 18 heavy (non-hydrogen) atoms. The molecule has 1 aliphatic carbocycles. The van der Waals surface area contributed by atoms with Gasteiger partial charge in [-0.1, -0.05) is 6.07 Å². The van der Waals surface area contributed by atoms with Gasteiger partial charge in [0.1, 0.15) is 11.6 Å². The molecule has 0 bridgehead atoms. The minimum Gasteiger partial charge on any atom is -0.508 e. The monoisotopic (exact) mass is 243 g/mol. The van der Waals surface area contributed by atoms with Gasteiger partial charge < -0.3 is 16.2 Å². The molecule has 4 nitrogen and oxygen atoms in total. The van der Waals surface area contributed by atoms with Gasteiger partial charge >= 0.3 is 0 Å². The second kappa shape index (κ2) is 4.46. The second-order valence-electron chi connectivity index (χ2n) is 4.89. The maximum Gasteiger partial charge on any atom is 0.134 e. The Hall–Kier alpha value is -1.81. The van der Waals surface area contributed by atoms with Gasteiger partial charge in [0, 0.05) is 24.2 Å². The molecule has 4 heteroatoms. The van der Waals surface area contributed by atoms with Gasteiger partial charge in [0.05, 0.1) is 0 Å². The number of nitrogens with one attached hydrogen (secondary N) is 1. The number of pyridine rings is 1. The van der Waals surface area contributed by atoms with E-state index in [-0.39, 0.29) is 11.8 Å². The van der Waals surface area contributed by atoms with Crippen molar-refractivity contribution in [2.24, 2.45) is 11.7 Å². The highest BCUT2D eigenvalue weighted by atomic mass is 16.3. The molecule has 0 saturated heterocycles. The summed E-state index contributed by atoms with van der Waals surface area (Å²) < 4.78 is 0. The molecule has 0 aliphatic heterocycles. The van der Waals surface area contributed by atoms with Crippen molar-refractivity contribution in [3.63, 3.8) is 0 Å². The molecule has 0 radical (unpaired) electrons. The Morgan fingerprint density at radius 1 is 1.39 bits per heavy atom. The topological polar surface area (TPSA) is 71.2 Å². The van der Waals surface area contributed by atoms with E-state index in [4.69, 9.17) is 5.73 Å².